The van der Waals surface area contributed by atoms with Gasteiger partial charge in [-0.15, -0.1) is 0 Å². The smallest absolute Gasteiger partial charge is 0.0159 e. The molecule has 0 atom stereocenters. The molecule has 0 unspecified atom stereocenters. The fraction of sp³-hybridized carbons (Fsp3) is 0.0274. The molecule has 0 heterocycles. The van der Waals surface area contributed by atoms with E-state index in [-0.39, 0.29) is 5.41 Å². The van der Waals surface area contributed by atoms with Gasteiger partial charge in [-0.3, -0.25) is 0 Å². The zero-order valence-corrected chi connectivity index (χ0v) is 81.5. The first kappa shape index (κ1) is 87.8. The highest BCUT2D eigenvalue weighted by Crippen LogP contribution is 2.56. The van der Waals surface area contributed by atoms with Crippen LogP contribution in [0.25, 0.3) is 264 Å². The Morgan fingerprint density at radius 1 is 0.110 bits per heavy atom. The highest BCUT2D eigenvalue weighted by molar-refractivity contribution is 6.28. The lowest BCUT2D eigenvalue weighted by atomic mass is 9.80. The van der Waals surface area contributed by atoms with Crippen LogP contribution in [0.15, 0.2) is 552 Å². The lowest BCUT2D eigenvalue weighted by Crippen LogP contribution is -2.14. The first-order chi connectivity index (χ1) is 72.2. The third-order valence-corrected chi connectivity index (χ3v) is 30.6. The molecule has 27 aromatic carbocycles. The molecule has 0 saturated heterocycles. The van der Waals surface area contributed by atoms with Crippen molar-refractivity contribution in [1.29, 1.82) is 0 Å². The van der Waals surface area contributed by atoms with Gasteiger partial charge in [-0.2, -0.15) is 0 Å². The van der Waals surface area contributed by atoms with Gasteiger partial charge in [0.25, 0.3) is 0 Å². The number of fused-ring (bicyclic) bond motifs is 13. The number of benzene rings is 27. The topological polar surface area (TPSA) is 0 Å². The maximum absolute atomic E-state index is 2.47. The Labute approximate surface area is 852 Å². The van der Waals surface area contributed by atoms with Crippen molar-refractivity contribution in [2.75, 3.05) is 0 Å². The molecule has 0 fully saturated rings. The third kappa shape index (κ3) is 15.4. The molecule has 0 nitrogen and oxygen atoms in total. The first-order valence-electron chi connectivity index (χ1n) is 50.9. The van der Waals surface area contributed by atoms with Crippen molar-refractivity contribution in [1.82, 2.24) is 0 Å². The Hall–Kier alpha value is -18.5. The minimum atomic E-state index is -0.0681. The summed E-state index contributed by atoms with van der Waals surface area (Å²) in [6.07, 6.45) is 0. The minimum Gasteiger partial charge on any atom is -0.0622 e. The molecule has 146 heavy (non-hydrogen) atoms. The molecule has 0 N–H and O–H groups in total. The molecule has 1 aliphatic rings. The van der Waals surface area contributed by atoms with Crippen molar-refractivity contribution >= 4 is 108 Å². The second kappa shape index (κ2) is 37.2. The van der Waals surface area contributed by atoms with Crippen LogP contribution in [-0.4, -0.2) is 0 Å². The minimum absolute atomic E-state index is 0.0681. The highest BCUT2D eigenvalue weighted by Gasteiger charge is 2.36. The van der Waals surface area contributed by atoms with E-state index < -0.39 is 0 Å². The summed E-state index contributed by atoms with van der Waals surface area (Å²) in [5, 5.41) is 25.4. The lowest BCUT2D eigenvalue weighted by molar-refractivity contribution is 0.660. The molecule has 1 aliphatic carbocycles. The van der Waals surface area contributed by atoms with Gasteiger partial charge in [-0.05, 0) is 306 Å². The molecule has 0 saturated carbocycles. The van der Waals surface area contributed by atoms with Crippen molar-refractivity contribution in [3.63, 3.8) is 0 Å². The third-order valence-electron chi connectivity index (χ3n) is 30.6. The standard InChI is InChI=1S/C61H42.C52H34.C33H24/c1-61(2)55-28-16-15-21-45(55)46-35-34-44(38-56(46)61)60-51-26-13-10-23-48(51)58(49-24-11-14-27-52(49)60)42-31-29-39(30-32-42)43-33-36-53-54(37-43)59(41-19-7-4-8-20-41)50-25-12-9-22-47(50)57(53)40-17-5-3-6-18-40;1-4-16-35(17-5-1)36-28-30-39(31-29-36)50-42-23-11-14-26-45(42)52(46-27-15-12-24-43(46)50)40-32-33-47-48(34-40)51(38-20-8-3-9-21-38)44-25-13-10-22-41(44)49(47)37-18-6-2-7-19-37;1-23-16-18-24(19-17-23)27-20-21-30-31(22-27)33(26-12-6-3-7-13-26)29-15-9-8-14-28(29)32(30)25-10-4-2-5-11-25/h3-38H,1-2H3;1-34H;2-22H,1H3. The van der Waals surface area contributed by atoms with Crippen molar-refractivity contribution in [2.45, 2.75) is 26.2 Å². The normalized spacial score (nSPS) is 12.0. The molecule has 0 amide bonds. The number of hydrogen-bond donors (Lipinski definition) is 0. The lowest BCUT2D eigenvalue weighted by Gasteiger charge is -2.23. The van der Waals surface area contributed by atoms with Crippen LogP contribution >= 0.6 is 0 Å². The summed E-state index contributed by atoms with van der Waals surface area (Å²) in [6.45, 7) is 6.87. The van der Waals surface area contributed by atoms with Crippen molar-refractivity contribution in [3.8, 4) is 156 Å². The maximum Gasteiger partial charge on any atom is 0.0159 e. The molecule has 0 heteroatoms. The van der Waals surface area contributed by atoms with Crippen molar-refractivity contribution in [3.05, 3.63) is 569 Å². The Morgan fingerprint density at radius 3 is 0.562 bits per heavy atom. The summed E-state index contributed by atoms with van der Waals surface area (Å²) in [4.78, 5) is 0. The Balaban J connectivity index is 0.000000116. The van der Waals surface area contributed by atoms with Crippen LogP contribution in [0.4, 0.5) is 0 Å². The molecule has 0 spiro atoms. The van der Waals surface area contributed by atoms with Gasteiger partial charge in [-0.25, -0.2) is 0 Å². The second-order valence-electron chi connectivity index (χ2n) is 39.4. The summed E-state index contributed by atoms with van der Waals surface area (Å²) in [7, 11) is 0. The molecule has 0 bridgehead atoms. The van der Waals surface area contributed by atoms with Crippen LogP contribution in [0.3, 0.4) is 0 Å². The van der Waals surface area contributed by atoms with Crippen LogP contribution < -0.4 is 0 Å². The van der Waals surface area contributed by atoms with Gasteiger partial charge in [0.15, 0.2) is 0 Å². The highest BCUT2D eigenvalue weighted by atomic mass is 14.4. The molecule has 0 radical (unpaired) electrons. The number of hydrogen-bond acceptors (Lipinski definition) is 0. The van der Waals surface area contributed by atoms with Crippen molar-refractivity contribution < 1.29 is 0 Å². The number of rotatable bonds is 13. The average Bonchev–Trinajstić information content (AvgIpc) is 1.04. The van der Waals surface area contributed by atoms with Gasteiger partial charge in [0.2, 0.25) is 0 Å². The van der Waals surface area contributed by atoms with Gasteiger partial charge < -0.3 is 0 Å². The summed E-state index contributed by atoms with van der Waals surface area (Å²) >= 11 is 0. The molecule has 684 valence electrons. The van der Waals surface area contributed by atoms with E-state index >= 15 is 0 Å². The summed E-state index contributed by atoms with van der Waals surface area (Å²) in [5.74, 6) is 0. The quantitative estimate of drug-likeness (QED) is 0.101. The van der Waals surface area contributed by atoms with Crippen LogP contribution in [-0.2, 0) is 5.41 Å². The second-order valence-corrected chi connectivity index (χ2v) is 39.4. The van der Waals surface area contributed by atoms with Crippen LogP contribution in [0.1, 0.15) is 30.5 Å². The van der Waals surface area contributed by atoms with E-state index in [1.807, 2.05) is 0 Å². The maximum atomic E-state index is 2.47. The van der Waals surface area contributed by atoms with E-state index in [1.54, 1.807) is 0 Å². The predicted octanol–water partition coefficient (Wildman–Crippen LogP) is 40.9. The zero-order chi connectivity index (χ0) is 97.3. The van der Waals surface area contributed by atoms with Gasteiger partial charge in [0.1, 0.15) is 0 Å². The molecular formula is C146H100. The van der Waals surface area contributed by atoms with Crippen molar-refractivity contribution in [2.24, 2.45) is 0 Å². The van der Waals surface area contributed by atoms with Gasteiger partial charge in [0, 0.05) is 5.41 Å². The molecule has 27 aromatic rings. The van der Waals surface area contributed by atoms with E-state index in [4.69, 9.17) is 0 Å². The predicted molar refractivity (Wildman–Crippen MR) is 627 cm³/mol. The van der Waals surface area contributed by atoms with Gasteiger partial charge in [-0.1, -0.05) is 547 Å². The molecule has 0 aromatic heterocycles. The van der Waals surface area contributed by atoms with Crippen LogP contribution in [0.2, 0.25) is 0 Å². The summed E-state index contributed by atoms with van der Waals surface area (Å²) in [6, 6.07) is 203. The summed E-state index contributed by atoms with van der Waals surface area (Å²) in [5.41, 5.74) is 39.3. The SMILES string of the molecule is CC1(C)c2ccccc2-c2ccc(-c3c4ccccc4c(-c4ccc(-c5ccc6c(-c7ccccc7)c7ccccc7c(-c7ccccc7)c6c5)cc4)c4ccccc34)cc21.Cc1ccc(-c2ccc3c(-c4ccccc4)c4ccccc4c(-c4ccccc4)c3c2)cc1.c1ccc(-c2ccc(-c3c4ccccc4c(-c4ccc5c(-c6ccccc6)c6ccccc6c(-c6ccccc6)c5c4)c4ccccc34)cc2)cc1. The van der Waals surface area contributed by atoms with Gasteiger partial charge in [0.05, 0.1) is 0 Å². The van der Waals surface area contributed by atoms with E-state index in [1.165, 1.54) is 280 Å². The fourth-order valence-electron chi connectivity index (χ4n) is 23.9. The number of aryl methyl sites for hydroxylation is 1. The Kier molecular flexibility index (Phi) is 22.4. The monoisotopic (exact) mass is 1850 g/mol. The van der Waals surface area contributed by atoms with E-state index in [0.717, 1.165) is 0 Å². The molecular weight excluding hydrogens is 1750 g/mol. The Morgan fingerprint density at radius 2 is 0.274 bits per heavy atom. The molecule has 28 rings (SSSR count). The van der Waals surface area contributed by atoms with E-state index in [2.05, 4.69) is 573 Å². The van der Waals surface area contributed by atoms with Crippen LogP contribution in [0.5, 0.6) is 0 Å². The molecule has 0 aliphatic heterocycles. The largest absolute Gasteiger partial charge is 0.0622 e. The fourth-order valence-corrected chi connectivity index (χ4v) is 23.9. The zero-order valence-electron chi connectivity index (χ0n) is 81.5. The first-order valence-corrected chi connectivity index (χ1v) is 50.9. The summed E-state index contributed by atoms with van der Waals surface area (Å²) < 4.78 is 0. The van der Waals surface area contributed by atoms with Crippen LogP contribution in [0, 0.1) is 6.92 Å². The Bertz CT molecular complexity index is 9620. The average molecular weight is 1850 g/mol. The van der Waals surface area contributed by atoms with Gasteiger partial charge >= 0.3 is 0 Å². The van der Waals surface area contributed by atoms with E-state index in [9.17, 15) is 0 Å². The van der Waals surface area contributed by atoms with E-state index in [0.29, 0.717) is 0 Å².